The molecule has 2 aliphatic rings. The number of carbonyl (C=O) groups excluding carboxylic acids is 1. The molecule has 0 saturated carbocycles. The van der Waals surface area contributed by atoms with Crippen molar-refractivity contribution < 1.29 is 18.7 Å². The van der Waals surface area contributed by atoms with Crippen molar-refractivity contribution >= 4 is 11.6 Å². The summed E-state index contributed by atoms with van der Waals surface area (Å²) in [5.74, 6) is 0.933. The molecule has 1 atom stereocenters. The summed E-state index contributed by atoms with van der Waals surface area (Å²) in [5, 5.41) is 0. The summed E-state index contributed by atoms with van der Waals surface area (Å²) in [5.41, 5.74) is 0.208. The number of carbonyl (C=O) groups is 1. The molecule has 0 radical (unpaired) electrons. The summed E-state index contributed by atoms with van der Waals surface area (Å²) < 4.78 is 19.0. The summed E-state index contributed by atoms with van der Waals surface area (Å²) in [6, 6.07) is 1.79. The number of nitrogens with zero attached hydrogens (tertiary/aromatic N) is 4. The van der Waals surface area contributed by atoms with Gasteiger partial charge in [-0.1, -0.05) is 0 Å². The van der Waals surface area contributed by atoms with Crippen molar-refractivity contribution in [2.24, 2.45) is 7.05 Å². The van der Waals surface area contributed by atoms with Crippen LogP contribution in [0.5, 0.6) is 0 Å². The van der Waals surface area contributed by atoms with Gasteiger partial charge in [-0.25, -0.2) is 4.98 Å². The number of aryl methyl sites for hydroxylation is 1. The Labute approximate surface area is 145 Å². The number of amides is 1. The molecule has 0 unspecified atom stereocenters. The number of aromatic nitrogens is 2. The molecule has 4 rings (SSSR count). The minimum atomic E-state index is -0.549. The molecule has 8 nitrogen and oxygen atoms in total. The highest BCUT2D eigenvalue weighted by Crippen LogP contribution is 2.27. The summed E-state index contributed by atoms with van der Waals surface area (Å²) in [6.07, 6.45) is 6.90. The molecule has 0 bridgehead atoms. The van der Waals surface area contributed by atoms with Gasteiger partial charge in [0.05, 0.1) is 38.3 Å². The van der Waals surface area contributed by atoms with Crippen molar-refractivity contribution in [3.05, 3.63) is 36.8 Å². The highest BCUT2D eigenvalue weighted by Gasteiger charge is 2.43. The maximum absolute atomic E-state index is 12.3. The highest BCUT2D eigenvalue weighted by molar-refractivity contribution is 5.95. The zero-order chi connectivity index (χ0) is 17.3. The standard InChI is InChI=1S/C17H22N4O4/c1-19-4-3-18-15(19)8-20-5-7-24-13-17(11-20)12-21(16(22)10-25-17)14-2-6-23-9-14/h2-4,6,9H,5,7-8,10-13H2,1H3/t17-/m0/s1. The van der Waals surface area contributed by atoms with Crippen LogP contribution in [0.15, 0.2) is 35.4 Å². The summed E-state index contributed by atoms with van der Waals surface area (Å²) in [7, 11) is 1.99. The van der Waals surface area contributed by atoms with Gasteiger partial charge in [-0.15, -0.1) is 0 Å². The minimum Gasteiger partial charge on any atom is -0.470 e. The lowest BCUT2D eigenvalue weighted by Gasteiger charge is -2.42. The van der Waals surface area contributed by atoms with Crippen molar-refractivity contribution in [3.63, 3.8) is 0 Å². The molecular weight excluding hydrogens is 324 g/mol. The first kappa shape index (κ1) is 16.3. The van der Waals surface area contributed by atoms with E-state index >= 15 is 0 Å². The molecule has 1 spiro atoms. The molecule has 2 aromatic heterocycles. The van der Waals surface area contributed by atoms with E-state index < -0.39 is 5.60 Å². The average Bonchev–Trinajstić information content (AvgIpc) is 3.22. The van der Waals surface area contributed by atoms with Crippen LogP contribution in [0.3, 0.4) is 0 Å². The van der Waals surface area contributed by atoms with Gasteiger partial charge in [0.1, 0.15) is 24.3 Å². The predicted molar refractivity (Wildman–Crippen MR) is 89.0 cm³/mol. The summed E-state index contributed by atoms with van der Waals surface area (Å²) in [6.45, 7) is 3.80. The van der Waals surface area contributed by atoms with Gasteiger partial charge in [-0.3, -0.25) is 9.69 Å². The zero-order valence-corrected chi connectivity index (χ0v) is 14.3. The van der Waals surface area contributed by atoms with Gasteiger partial charge >= 0.3 is 0 Å². The molecule has 2 saturated heterocycles. The first-order valence-electron chi connectivity index (χ1n) is 8.38. The second-order valence-corrected chi connectivity index (χ2v) is 6.65. The molecule has 134 valence electrons. The molecule has 0 aromatic carbocycles. The van der Waals surface area contributed by atoms with Crippen LogP contribution in [0.25, 0.3) is 0 Å². The van der Waals surface area contributed by atoms with E-state index in [0.717, 1.165) is 24.6 Å². The lowest BCUT2D eigenvalue weighted by molar-refractivity contribution is -0.146. The Bertz CT molecular complexity index is 729. The third-order valence-corrected chi connectivity index (χ3v) is 4.78. The third-order valence-electron chi connectivity index (χ3n) is 4.78. The van der Waals surface area contributed by atoms with E-state index in [2.05, 4.69) is 9.88 Å². The molecule has 4 heterocycles. The van der Waals surface area contributed by atoms with Gasteiger partial charge in [0.15, 0.2) is 0 Å². The van der Waals surface area contributed by atoms with Gasteiger partial charge in [0.25, 0.3) is 5.91 Å². The fourth-order valence-electron chi connectivity index (χ4n) is 3.41. The molecule has 2 fully saturated rings. The number of hydrogen-bond donors (Lipinski definition) is 0. The fourth-order valence-corrected chi connectivity index (χ4v) is 3.41. The van der Waals surface area contributed by atoms with Crippen LogP contribution < -0.4 is 4.90 Å². The third kappa shape index (κ3) is 3.33. The number of hydrogen-bond acceptors (Lipinski definition) is 6. The molecular formula is C17H22N4O4. The van der Waals surface area contributed by atoms with Gasteiger partial charge in [0.2, 0.25) is 0 Å². The number of morpholine rings is 1. The fraction of sp³-hybridized carbons (Fsp3) is 0.529. The van der Waals surface area contributed by atoms with Crippen LogP contribution in [-0.4, -0.2) is 65.4 Å². The first-order chi connectivity index (χ1) is 12.2. The van der Waals surface area contributed by atoms with Crippen LogP contribution in [0.2, 0.25) is 0 Å². The van der Waals surface area contributed by atoms with Crippen LogP contribution >= 0.6 is 0 Å². The van der Waals surface area contributed by atoms with Crippen molar-refractivity contribution in [2.45, 2.75) is 12.1 Å². The van der Waals surface area contributed by atoms with Crippen molar-refractivity contribution in [1.82, 2.24) is 14.5 Å². The Morgan fingerprint density at radius 1 is 1.36 bits per heavy atom. The van der Waals surface area contributed by atoms with E-state index in [1.807, 2.05) is 17.8 Å². The number of anilines is 1. The molecule has 1 amide bonds. The van der Waals surface area contributed by atoms with Crippen LogP contribution in [0, 0.1) is 0 Å². The molecule has 2 aliphatic heterocycles. The molecule has 8 heteroatoms. The van der Waals surface area contributed by atoms with Gasteiger partial charge in [0, 0.05) is 38.6 Å². The number of imidazole rings is 1. The van der Waals surface area contributed by atoms with Gasteiger partial charge in [-0.2, -0.15) is 0 Å². The van der Waals surface area contributed by atoms with E-state index in [-0.39, 0.29) is 12.5 Å². The Morgan fingerprint density at radius 2 is 2.28 bits per heavy atom. The number of furan rings is 1. The monoisotopic (exact) mass is 346 g/mol. The molecule has 0 N–H and O–H groups in total. The topological polar surface area (TPSA) is 73.0 Å². The average molecular weight is 346 g/mol. The lowest BCUT2D eigenvalue weighted by Crippen LogP contribution is -2.60. The van der Waals surface area contributed by atoms with Gasteiger partial charge in [-0.05, 0) is 0 Å². The Morgan fingerprint density at radius 3 is 3.04 bits per heavy atom. The smallest absolute Gasteiger partial charge is 0.253 e. The van der Waals surface area contributed by atoms with E-state index in [4.69, 9.17) is 13.9 Å². The second-order valence-electron chi connectivity index (χ2n) is 6.65. The van der Waals surface area contributed by atoms with Gasteiger partial charge < -0.3 is 23.4 Å². The maximum Gasteiger partial charge on any atom is 0.253 e. The largest absolute Gasteiger partial charge is 0.470 e. The Hall–Kier alpha value is -2.16. The van der Waals surface area contributed by atoms with E-state index in [9.17, 15) is 4.79 Å². The quantitative estimate of drug-likeness (QED) is 0.812. The highest BCUT2D eigenvalue weighted by atomic mass is 16.6. The lowest BCUT2D eigenvalue weighted by atomic mass is 10.0. The van der Waals surface area contributed by atoms with Crippen LogP contribution in [0.4, 0.5) is 5.69 Å². The molecule has 2 aromatic rings. The molecule has 25 heavy (non-hydrogen) atoms. The summed E-state index contributed by atoms with van der Waals surface area (Å²) >= 11 is 0. The summed E-state index contributed by atoms with van der Waals surface area (Å²) in [4.78, 5) is 20.7. The number of ether oxygens (including phenoxy) is 2. The SMILES string of the molecule is Cn1ccnc1CN1CCOC[C@]2(C1)CN(c1ccoc1)C(=O)CO2. The predicted octanol–water partition coefficient (Wildman–Crippen LogP) is 0.647. The maximum atomic E-state index is 12.3. The van der Waals surface area contributed by atoms with Crippen molar-refractivity contribution in [1.29, 1.82) is 0 Å². The van der Waals surface area contributed by atoms with E-state index in [1.54, 1.807) is 29.7 Å². The second kappa shape index (κ2) is 6.62. The van der Waals surface area contributed by atoms with Crippen molar-refractivity contribution in [2.75, 3.05) is 44.4 Å². The van der Waals surface area contributed by atoms with E-state index in [0.29, 0.717) is 26.3 Å². The van der Waals surface area contributed by atoms with Crippen LogP contribution in [-0.2, 0) is 27.9 Å². The molecule has 0 aliphatic carbocycles. The first-order valence-corrected chi connectivity index (χ1v) is 8.38. The minimum absolute atomic E-state index is 0.0464. The Balaban J connectivity index is 1.53. The van der Waals surface area contributed by atoms with E-state index in [1.165, 1.54) is 0 Å². The normalized spacial score (nSPS) is 25.5. The zero-order valence-electron chi connectivity index (χ0n) is 14.3. The number of rotatable bonds is 3. The Kier molecular flexibility index (Phi) is 4.32. The van der Waals surface area contributed by atoms with Crippen LogP contribution in [0.1, 0.15) is 5.82 Å². The van der Waals surface area contributed by atoms with Crippen molar-refractivity contribution in [3.8, 4) is 0 Å².